The topological polar surface area (TPSA) is 55.4 Å². The summed E-state index contributed by atoms with van der Waals surface area (Å²) in [6.45, 7) is 0.0934. The van der Waals surface area contributed by atoms with Gasteiger partial charge in [0.15, 0.2) is 0 Å². The lowest BCUT2D eigenvalue weighted by Gasteiger charge is -2.19. The first-order valence-corrected chi connectivity index (χ1v) is 7.82. The van der Waals surface area contributed by atoms with Gasteiger partial charge in [-0.2, -0.15) is 8.78 Å². The summed E-state index contributed by atoms with van der Waals surface area (Å²) in [6.07, 6.45) is 1.60. The minimum atomic E-state index is -3.15. The van der Waals surface area contributed by atoms with E-state index in [9.17, 15) is 22.8 Å². The van der Waals surface area contributed by atoms with E-state index in [0.717, 1.165) is 18.2 Å². The number of benzene rings is 1. The average molecular weight is 351 g/mol. The normalized spacial score (nSPS) is 17.5. The maximum atomic E-state index is 14.5. The molecule has 0 unspecified atom stereocenters. The number of nitrogens with one attached hydrogen (secondary N) is 1. The van der Waals surface area contributed by atoms with Gasteiger partial charge in [0, 0.05) is 23.3 Å². The second-order valence-corrected chi connectivity index (χ2v) is 5.91. The van der Waals surface area contributed by atoms with Gasteiger partial charge < -0.3 is 10.1 Å². The second-order valence-electron chi connectivity index (χ2n) is 5.91. The van der Waals surface area contributed by atoms with E-state index in [1.807, 2.05) is 0 Å². The third-order valence-electron chi connectivity index (χ3n) is 4.41. The molecule has 3 rings (SSSR count). The molecule has 1 aromatic rings. The predicted octanol–water partition coefficient (Wildman–Crippen LogP) is 3.08. The second kappa shape index (κ2) is 6.38. The summed E-state index contributed by atoms with van der Waals surface area (Å²) in [5.41, 5.74) is 0.349. The third kappa shape index (κ3) is 3.06. The summed E-state index contributed by atoms with van der Waals surface area (Å²) in [5, 5.41) is 2.56. The number of hydrogen-bond acceptors (Lipinski definition) is 3. The molecule has 2 aliphatic rings. The minimum Gasteiger partial charge on any atom is -0.469 e. The Morgan fingerprint density at radius 2 is 2.04 bits per heavy atom. The number of carbonyl (C=O) groups is 2. The van der Waals surface area contributed by atoms with Crippen LogP contribution in [-0.4, -0.2) is 25.5 Å². The van der Waals surface area contributed by atoms with Crippen molar-refractivity contribution in [3.8, 4) is 0 Å². The summed E-state index contributed by atoms with van der Waals surface area (Å²) >= 11 is 0. The van der Waals surface area contributed by atoms with Crippen molar-refractivity contribution in [2.75, 3.05) is 13.7 Å². The van der Waals surface area contributed by atoms with E-state index in [1.165, 1.54) is 13.2 Å². The molecule has 25 heavy (non-hydrogen) atoms. The van der Waals surface area contributed by atoms with Crippen LogP contribution in [0.25, 0.3) is 5.57 Å². The Bertz CT molecular complexity index is 812. The lowest BCUT2D eigenvalue weighted by molar-refractivity contribution is -0.140. The van der Waals surface area contributed by atoms with Crippen LogP contribution >= 0.6 is 0 Å². The highest BCUT2D eigenvalue weighted by atomic mass is 19.3. The van der Waals surface area contributed by atoms with Gasteiger partial charge in [0.2, 0.25) is 5.91 Å². The molecule has 0 aromatic heterocycles. The van der Waals surface area contributed by atoms with Crippen LogP contribution in [0.15, 0.2) is 35.4 Å². The van der Waals surface area contributed by atoms with E-state index in [0.29, 0.717) is 5.57 Å². The Morgan fingerprint density at radius 1 is 1.28 bits per heavy atom. The van der Waals surface area contributed by atoms with E-state index >= 15 is 0 Å². The van der Waals surface area contributed by atoms with Gasteiger partial charge in [0.25, 0.3) is 5.92 Å². The van der Waals surface area contributed by atoms with Crippen molar-refractivity contribution < 1.29 is 27.5 Å². The van der Waals surface area contributed by atoms with E-state index in [4.69, 9.17) is 0 Å². The van der Waals surface area contributed by atoms with E-state index < -0.39 is 23.6 Å². The van der Waals surface area contributed by atoms with Gasteiger partial charge in [-0.05, 0) is 48.3 Å². The van der Waals surface area contributed by atoms with Gasteiger partial charge in [-0.3, -0.25) is 9.59 Å². The van der Waals surface area contributed by atoms with Crippen LogP contribution < -0.4 is 5.32 Å². The fourth-order valence-electron chi connectivity index (χ4n) is 3.14. The summed E-state index contributed by atoms with van der Waals surface area (Å²) in [4.78, 5) is 23.2. The number of carbonyl (C=O) groups excluding carboxylic acids is 2. The summed E-state index contributed by atoms with van der Waals surface area (Å²) in [7, 11) is 1.25. The first-order valence-electron chi connectivity index (χ1n) is 7.82. The summed E-state index contributed by atoms with van der Waals surface area (Å²) in [6, 6.07) is 3.17. The lowest BCUT2D eigenvalue weighted by Crippen LogP contribution is -2.28. The van der Waals surface area contributed by atoms with E-state index in [-0.39, 0.29) is 48.1 Å². The molecule has 0 atom stereocenters. The molecule has 2 aliphatic carbocycles. The zero-order chi connectivity index (χ0) is 18.2. The molecular formula is C18H16F3NO3. The zero-order valence-electron chi connectivity index (χ0n) is 13.5. The molecular weight excluding hydrogens is 335 g/mol. The molecule has 0 bridgehead atoms. The van der Waals surface area contributed by atoms with Crippen molar-refractivity contribution in [2.45, 2.75) is 25.2 Å². The van der Waals surface area contributed by atoms with Crippen LogP contribution in [0.3, 0.4) is 0 Å². The Morgan fingerprint density at radius 3 is 2.76 bits per heavy atom. The maximum absolute atomic E-state index is 14.5. The number of allylic oxidation sites excluding steroid dienone is 3. The smallest absolute Gasteiger partial charge is 0.307 e. The van der Waals surface area contributed by atoms with Crippen LogP contribution in [0.1, 0.15) is 30.4 Å². The minimum absolute atomic E-state index is 0.0227. The molecule has 0 spiro atoms. The Kier molecular flexibility index (Phi) is 4.41. The summed E-state index contributed by atoms with van der Waals surface area (Å²) in [5.74, 6) is -4.64. The molecule has 132 valence electrons. The van der Waals surface area contributed by atoms with Crippen LogP contribution in [0, 0.1) is 5.82 Å². The van der Waals surface area contributed by atoms with Crippen LogP contribution in [0.5, 0.6) is 0 Å². The molecule has 0 saturated heterocycles. The zero-order valence-corrected chi connectivity index (χ0v) is 13.5. The number of rotatable bonds is 4. The number of amides is 1. The molecule has 0 saturated carbocycles. The fourth-order valence-corrected chi connectivity index (χ4v) is 3.14. The third-order valence-corrected chi connectivity index (χ3v) is 4.41. The lowest BCUT2D eigenvalue weighted by atomic mass is 9.91. The first-order chi connectivity index (χ1) is 11.8. The quantitative estimate of drug-likeness (QED) is 0.848. The van der Waals surface area contributed by atoms with Gasteiger partial charge in [-0.1, -0.05) is 0 Å². The van der Waals surface area contributed by atoms with Crippen LogP contribution in [0.4, 0.5) is 13.2 Å². The molecule has 4 nitrogen and oxygen atoms in total. The largest absolute Gasteiger partial charge is 0.469 e. The number of esters is 1. The summed E-state index contributed by atoms with van der Waals surface area (Å²) < 4.78 is 47.0. The van der Waals surface area contributed by atoms with Gasteiger partial charge in [0.1, 0.15) is 5.82 Å². The number of halogens is 3. The average Bonchev–Trinajstić information content (AvgIpc) is 2.81. The Balaban J connectivity index is 1.84. The van der Waals surface area contributed by atoms with Crippen molar-refractivity contribution in [3.63, 3.8) is 0 Å². The Labute approximate surface area is 142 Å². The number of hydrogen-bond donors (Lipinski definition) is 1. The highest BCUT2D eigenvalue weighted by Crippen LogP contribution is 2.53. The number of methoxy groups -OCH3 is 1. The molecule has 1 aromatic carbocycles. The number of alkyl halides is 2. The SMILES string of the molecule is COC(=O)CCNC(=O)C1=CC2=C(CC1)C(F)(F)c1ccc(F)cc12. The van der Waals surface area contributed by atoms with Gasteiger partial charge in [-0.15, -0.1) is 0 Å². The van der Waals surface area contributed by atoms with Crippen molar-refractivity contribution >= 4 is 17.4 Å². The highest BCUT2D eigenvalue weighted by Gasteiger charge is 2.46. The predicted molar refractivity (Wildman–Crippen MR) is 84.2 cm³/mol. The maximum Gasteiger partial charge on any atom is 0.307 e. The van der Waals surface area contributed by atoms with Gasteiger partial charge >= 0.3 is 5.97 Å². The van der Waals surface area contributed by atoms with E-state index in [1.54, 1.807) is 0 Å². The number of ether oxygens (including phenoxy) is 1. The standard InChI is InChI=1S/C18H16F3NO3/c1-25-16(23)6-7-22-17(24)10-2-4-14-12(8-10)13-9-11(19)3-5-15(13)18(14,20)21/h3,5,8-9H,2,4,6-7H2,1H3,(H,22,24). The Hall–Kier alpha value is -2.57. The molecule has 0 fully saturated rings. The number of fused-ring (bicyclic) bond motifs is 2. The fraction of sp³-hybridized carbons (Fsp3) is 0.333. The highest BCUT2D eigenvalue weighted by molar-refractivity contribution is 5.99. The van der Waals surface area contributed by atoms with Gasteiger partial charge in [0.05, 0.1) is 13.5 Å². The molecule has 0 radical (unpaired) electrons. The molecule has 1 N–H and O–H groups in total. The van der Waals surface area contributed by atoms with Gasteiger partial charge in [-0.25, -0.2) is 4.39 Å². The molecule has 0 heterocycles. The van der Waals surface area contributed by atoms with Crippen molar-refractivity contribution in [1.29, 1.82) is 0 Å². The van der Waals surface area contributed by atoms with Crippen molar-refractivity contribution in [1.82, 2.24) is 5.32 Å². The van der Waals surface area contributed by atoms with Crippen molar-refractivity contribution in [2.24, 2.45) is 0 Å². The van der Waals surface area contributed by atoms with Crippen molar-refractivity contribution in [3.05, 3.63) is 52.4 Å². The van der Waals surface area contributed by atoms with E-state index in [2.05, 4.69) is 10.1 Å². The molecule has 7 heteroatoms. The van der Waals surface area contributed by atoms with Crippen LogP contribution in [-0.2, 0) is 20.2 Å². The first kappa shape index (κ1) is 17.3. The molecule has 1 amide bonds. The van der Waals surface area contributed by atoms with Crippen LogP contribution in [0.2, 0.25) is 0 Å². The molecule has 0 aliphatic heterocycles. The monoisotopic (exact) mass is 351 g/mol.